The van der Waals surface area contributed by atoms with E-state index in [9.17, 15) is 9.90 Å². The van der Waals surface area contributed by atoms with Crippen molar-refractivity contribution in [2.75, 3.05) is 6.61 Å². The van der Waals surface area contributed by atoms with Gasteiger partial charge >= 0.3 is 0 Å². The Bertz CT molecular complexity index is 497. The zero-order valence-electron chi connectivity index (χ0n) is 11.5. The van der Waals surface area contributed by atoms with Crippen LogP contribution in [0.3, 0.4) is 0 Å². The van der Waals surface area contributed by atoms with Crippen molar-refractivity contribution < 1.29 is 9.90 Å². The maximum atomic E-state index is 12.6. The van der Waals surface area contributed by atoms with E-state index >= 15 is 0 Å². The first-order valence-corrected chi connectivity index (χ1v) is 7.66. The van der Waals surface area contributed by atoms with Crippen LogP contribution in [0.2, 0.25) is 10.0 Å². The van der Waals surface area contributed by atoms with Crippen molar-refractivity contribution in [1.82, 2.24) is 5.32 Å². The van der Waals surface area contributed by atoms with Crippen LogP contribution in [-0.4, -0.2) is 23.7 Å². The van der Waals surface area contributed by atoms with Gasteiger partial charge in [0.25, 0.3) is 0 Å². The van der Waals surface area contributed by atoms with Crippen LogP contribution in [0.1, 0.15) is 38.2 Å². The second-order valence-electron chi connectivity index (χ2n) is 5.32. The second kappa shape index (κ2) is 6.33. The van der Waals surface area contributed by atoms with E-state index in [0.29, 0.717) is 16.5 Å². The lowest BCUT2D eigenvalue weighted by Gasteiger charge is -2.42. The minimum atomic E-state index is -0.565. The van der Waals surface area contributed by atoms with Crippen LogP contribution in [0.4, 0.5) is 0 Å². The summed E-state index contributed by atoms with van der Waals surface area (Å²) in [7, 11) is 0. The molecule has 20 heavy (non-hydrogen) atoms. The van der Waals surface area contributed by atoms with Gasteiger partial charge in [-0.2, -0.15) is 0 Å². The van der Waals surface area contributed by atoms with E-state index in [1.165, 1.54) is 0 Å². The van der Waals surface area contributed by atoms with Crippen molar-refractivity contribution in [3.8, 4) is 0 Å². The van der Waals surface area contributed by atoms with Crippen LogP contribution in [0.15, 0.2) is 18.2 Å². The van der Waals surface area contributed by atoms with E-state index < -0.39 is 5.41 Å². The molecule has 0 aliphatic heterocycles. The normalized spacial score (nSPS) is 18.2. The smallest absolute Gasteiger partial charge is 0.231 e. The molecule has 0 bridgehead atoms. The molecular weight excluding hydrogens is 297 g/mol. The molecule has 1 aromatic rings. The molecule has 1 aromatic carbocycles. The second-order valence-corrected chi connectivity index (χ2v) is 6.16. The summed E-state index contributed by atoms with van der Waals surface area (Å²) in [5.74, 6) is -0.0473. The maximum absolute atomic E-state index is 12.6. The third-order valence-corrected chi connectivity index (χ3v) is 4.68. The van der Waals surface area contributed by atoms with Gasteiger partial charge in [0.15, 0.2) is 0 Å². The third-order valence-electron chi connectivity index (χ3n) is 4.14. The summed E-state index contributed by atoms with van der Waals surface area (Å²) in [5, 5.41) is 13.3. The molecule has 0 spiro atoms. The van der Waals surface area contributed by atoms with Crippen molar-refractivity contribution >= 4 is 29.1 Å². The molecule has 0 saturated heterocycles. The SMILES string of the molecule is CCC(CO)NC(=O)C1(c2ccc(Cl)cc2Cl)CCC1. The summed E-state index contributed by atoms with van der Waals surface area (Å²) >= 11 is 12.2. The molecule has 110 valence electrons. The Balaban J connectivity index is 2.27. The Morgan fingerprint density at radius 1 is 1.45 bits per heavy atom. The number of hydrogen-bond donors (Lipinski definition) is 2. The molecule has 1 amide bonds. The molecule has 1 aliphatic rings. The molecular formula is C15H19Cl2NO2. The monoisotopic (exact) mass is 315 g/mol. The molecule has 1 saturated carbocycles. The molecule has 2 N–H and O–H groups in total. The number of carbonyl (C=O) groups is 1. The number of aliphatic hydroxyl groups is 1. The summed E-state index contributed by atoms with van der Waals surface area (Å²) in [6, 6.07) is 5.07. The summed E-state index contributed by atoms with van der Waals surface area (Å²) in [4.78, 5) is 12.6. The highest BCUT2D eigenvalue weighted by atomic mass is 35.5. The Morgan fingerprint density at radius 3 is 2.60 bits per heavy atom. The Labute approximate surface area is 129 Å². The Kier molecular flexibility index (Phi) is 4.95. The van der Waals surface area contributed by atoms with E-state index in [4.69, 9.17) is 23.2 Å². The zero-order valence-corrected chi connectivity index (χ0v) is 13.0. The molecule has 3 nitrogen and oxygen atoms in total. The lowest BCUT2D eigenvalue weighted by Crippen LogP contribution is -2.52. The number of nitrogens with one attached hydrogen (secondary N) is 1. The molecule has 1 atom stereocenters. The van der Waals surface area contributed by atoms with Crippen LogP contribution in [0.5, 0.6) is 0 Å². The van der Waals surface area contributed by atoms with Crippen LogP contribution >= 0.6 is 23.2 Å². The first-order chi connectivity index (χ1) is 9.53. The fraction of sp³-hybridized carbons (Fsp3) is 0.533. The fourth-order valence-electron chi connectivity index (χ4n) is 2.63. The van der Waals surface area contributed by atoms with Gasteiger partial charge in [0, 0.05) is 10.0 Å². The van der Waals surface area contributed by atoms with E-state index in [0.717, 1.165) is 24.8 Å². The summed E-state index contributed by atoms with van der Waals surface area (Å²) in [5.41, 5.74) is 0.268. The highest BCUT2D eigenvalue weighted by Crippen LogP contribution is 2.47. The van der Waals surface area contributed by atoms with Crippen LogP contribution in [0.25, 0.3) is 0 Å². The van der Waals surface area contributed by atoms with Crippen molar-refractivity contribution in [2.24, 2.45) is 0 Å². The largest absolute Gasteiger partial charge is 0.394 e. The lowest BCUT2D eigenvalue weighted by molar-refractivity contribution is -0.131. The van der Waals surface area contributed by atoms with Gasteiger partial charge in [0.1, 0.15) is 0 Å². The molecule has 5 heteroatoms. The minimum absolute atomic E-state index is 0.0473. The average molecular weight is 316 g/mol. The van der Waals surface area contributed by atoms with Crippen LogP contribution in [-0.2, 0) is 10.2 Å². The molecule has 1 fully saturated rings. The predicted molar refractivity (Wildman–Crippen MR) is 81.3 cm³/mol. The van der Waals surface area contributed by atoms with Crippen LogP contribution < -0.4 is 5.32 Å². The van der Waals surface area contributed by atoms with Crippen LogP contribution in [0, 0.1) is 0 Å². The van der Waals surface area contributed by atoms with Gasteiger partial charge in [-0.25, -0.2) is 0 Å². The number of aliphatic hydroxyl groups excluding tert-OH is 1. The molecule has 0 aromatic heterocycles. The zero-order chi connectivity index (χ0) is 14.8. The maximum Gasteiger partial charge on any atom is 0.231 e. The van der Waals surface area contributed by atoms with E-state index in [1.807, 2.05) is 13.0 Å². The molecule has 2 rings (SSSR count). The van der Waals surface area contributed by atoms with E-state index in [-0.39, 0.29) is 18.6 Å². The first-order valence-electron chi connectivity index (χ1n) is 6.91. The van der Waals surface area contributed by atoms with Crippen molar-refractivity contribution in [3.05, 3.63) is 33.8 Å². The highest BCUT2D eigenvalue weighted by Gasteiger charge is 2.47. The predicted octanol–water partition coefficient (Wildman–Crippen LogP) is 3.30. The van der Waals surface area contributed by atoms with Gasteiger partial charge in [0.05, 0.1) is 18.1 Å². The summed E-state index contributed by atoms with van der Waals surface area (Å²) in [6.07, 6.45) is 3.26. The average Bonchev–Trinajstić information content (AvgIpc) is 2.37. The third kappa shape index (κ3) is 2.80. The number of hydrogen-bond acceptors (Lipinski definition) is 2. The number of halogens is 2. The number of amides is 1. The van der Waals surface area contributed by atoms with E-state index in [2.05, 4.69) is 5.32 Å². The quantitative estimate of drug-likeness (QED) is 0.875. The van der Waals surface area contributed by atoms with Gasteiger partial charge in [-0.1, -0.05) is 42.6 Å². The minimum Gasteiger partial charge on any atom is -0.394 e. The highest BCUT2D eigenvalue weighted by molar-refractivity contribution is 6.35. The number of rotatable bonds is 5. The van der Waals surface area contributed by atoms with Gasteiger partial charge in [-0.3, -0.25) is 4.79 Å². The molecule has 0 heterocycles. The molecule has 1 unspecified atom stereocenters. The standard InChI is InChI=1S/C15H19Cl2NO2/c1-2-11(9-19)18-14(20)15(6-3-7-15)12-5-4-10(16)8-13(12)17/h4-5,8,11,19H,2-3,6-7,9H2,1H3,(H,18,20). The summed E-state index contributed by atoms with van der Waals surface area (Å²) < 4.78 is 0. The van der Waals surface area contributed by atoms with Gasteiger partial charge < -0.3 is 10.4 Å². The Morgan fingerprint density at radius 2 is 2.15 bits per heavy atom. The molecule has 1 aliphatic carbocycles. The number of benzene rings is 1. The van der Waals surface area contributed by atoms with Gasteiger partial charge in [-0.05, 0) is 37.0 Å². The summed E-state index contributed by atoms with van der Waals surface area (Å²) in [6.45, 7) is 1.89. The fourth-order valence-corrected chi connectivity index (χ4v) is 3.22. The van der Waals surface area contributed by atoms with Crippen molar-refractivity contribution in [2.45, 2.75) is 44.1 Å². The first kappa shape index (κ1) is 15.6. The topological polar surface area (TPSA) is 49.3 Å². The lowest BCUT2D eigenvalue weighted by atomic mass is 9.63. The van der Waals surface area contributed by atoms with Crippen molar-refractivity contribution in [1.29, 1.82) is 0 Å². The van der Waals surface area contributed by atoms with Gasteiger partial charge in [0.2, 0.25) is 5.91 Å². The Hall–Kier alpha value is -0.770. The van der Waals surface area contributed by atoms with Crippen molar-refractivity contribution in [3.63, 3.8) is 0 Å². The molecule has 0 radical (unpaired) electrons. The number of carbonyl (C=O) groups excluding carboxylic acids is 1. The van der Waals surface area contributed by atoms with Gasteiger partial charge in [-0.15, -0.1) is 0 Å². The van der Waals surface area contributed by atoms with E-state index in [1.54, 1.807) is 12.1 Å².